The van der Waals surface area contributed by atoms with Crippen LogP contribution in [-0.2, 0) is 0 Å². The van der Waals surface area contributed by atoms with Gasteiger partial charge in [-0.1, -0.05) is 12.1 Å². The SMILES string of the molecule is NC(CO)C(O)c1ccc([NH+]([O-])O)cc1. The van der Waals surface area contributed by atoms with Crippen LogP contribution in [-0.4, -0.2) is 28.1 Å². The molecule has 15 heavy (non-hydrogen) atoms. The van der Waals surface area contributed by atoms with Crippen molar-refractivity contribution in [1.29, 1.82) is 0 Å². The average molecular weight is 214 g/mol. The zero-order chi connectivity index (χ0) is 11.4. The maximum Gasteiger partial charge on any atom is 0.163 e. The quantitative estimate of drug-likeness (QED) is 0.389. The summed E-state index contributed by atoms with van der Waals surface area (Å²) >= 11 is 0. The summed E-state index contributed by atoms with van der Waals surface area (Å²) in [5, 5.41) is 36.5. The van der Waals surface area contributed by atoms with Crippen LogP contribution in [0.3, 0.4) is 0 Å². The third kappa shape index (κ3) is 2.96. The Hall–Kier alpha value is -1.02. The minimum absolute atomic E-state index is 0.142. The first-order valence-corrected chi connectivity index (χ1v) is 4.44. The third-order valence-corrected chi connectivity index (χ3v) is 2.12. The zero-order valence-corrected chi connectivity index (χ0v) is 8.00. The van der Waals surface area contributed by atoms with Gasteiger partial charge < -0.3 is 21.2 Å². The number of nitrogens with one attached hydrogen (secondary N) is 1. The minimum Gasteiger partial charge on any atom is -0.595 e. The van der Waals surface area contributed by atoms with Gasteiger partial charge in [-0.05, 0) is 5.56 Å². The molecule has 0 aromatic heterocycles. The van der Waals surface area contributed by atoms with Crippen molar-refractivity contribution in [2.45, 2.75) is 12.1 Å². The summed E-state index contributed by atoms with van der Waals surface area (Å²) in [6, 6.07) is 4.95. The van der Waals surface area contributed by atoms with E-state index < -0.39 is 17.4 Å². The molecule has 0 radical (unpaired) electrons. The van der Waals surface area contributed by atoms with E-state index in [9.17, 15) is 10.3 Å². The Morgan fingerprint density at radius 1 is 1.33 bits per heavy atom. The highest BCUT2D eigenvalue weighted by Gasteiger charge is 2.16. The summed E-state index contributed by atoms with van der Waals surface area (Å²) in [5.41, 5.74) is 6.06. The van der Waals surface area contributed by atoms with Crippen LogP contribution in [0.2, 0.25) is 0 Å². The number of aliphatic hydroxyl groups is 2. The summed E-state index contributed by atoms with van der Waals surface area (Å²) in [4.78, 5) is 0. The molecule has 0 aliphatic heterocycles. The van der Waals surface area contributed by atoms with Gasteiger partial charge in [-0.15, -0.1) is 0 Å². The molecule has 0 aliphatic rings. The summed E-state index contributed by atoms with van der Waals surface area (Å²) in [6.45, 7) is -0.331. The summed E-state index contributed by atoms with van der Waals surface area (Å²) in [7, 11) is 0. The molecular formula is C9H14N2O4. The van der Waals surface area contributed by atoms with Crippen molar-refractivity contribution in [2.24, 2.45) is 5.73 Å². The number of hydrogen-bond acceptors (Lipinski definition) is 5. The molecule has 0 heterocycles. The van der Waals surface area contributed by atoms with Crippen molar-refractivity contribution >= 4 is 5.69 Å². The topological polar surface area (TPSA) is 114 Å². The highest BCUT2D eigenvalue weighted by atomic mass is 16.8. The van der Waals surface area contributed by atoms with Gasteiger partial charge in [0.2, 0.25) is 0 Å². The van der Waals surface area contributed by atoms with Crippen LogP contribution in [0.1, 0.15) is 11.7 Å². The van der Waals surface area contributed by atoms with Crippen LogP contribution in [0.25, 0.3) is 0 Å². The first-order chi connectivity index (χ1) is 7.06. The molecular weight excluding hydrogens is 200 g/mol. The first kappa shape index (κ1) is 12.1. The molecule has 84 valence electrons. The van der Waals surface area contributed by atoms with E-state index in [1.807, 2.05) is 0 Å². The van der Waals surface area contributed by atoms with E-state index in [1.165, 1.54) is 24.3 Å². The predicted molar refractivity (Wildman–Crippen MR) is 52.2 cm³/mol. The van der Waals surface area contributed by atoms with Crippen LogP contribution in [0.5, 0.6) is 0 Å². The highest BCUT2D eigenvalue weighted by Crippen LogP contribution is 2.16. The maximum atomic E-state index is 10.5. The lowest BCUT2D eigenvalue weighted by Crippen LogP contribution is -2.99. The molecule has 6 N–H and O–H groups in total. The van der Waals surface area contributed by atoms with Crippen LogP contribution in [0, 0.1) is 5.21 Å². The van der Waals surface area contributed by atoms with Crippen LogP contribution in [0.4, 0.5) is 5.69 Å². The van der Waals surface area contributed by atoms with Crippen molar-refractivity contribution in [3.63, 3.8) is 0 Å². The van der Waals surface area contributed by atoms with E-state index in [0.717, 1.165) is 0 Å². The van der Waals surface area contributed by atoms with Crippen molar-refractivity contribution in [2.75, 3.05) is 6.61 Å². The number of rotatable bonds is 4. The molecule has 0 saturated heterocycles. The average Bonchev–Trinajstić information content (AvgIpc) is 2.27. The minimum atomic E-state index is -1.03. The fraction of sp³-hybridized carbons (Fsp3) is 0.333. The summed E-state index contributed by atoms with van der Waals surface area (Å²) in [6.07, 6.45) is -0.988. The third-order valence-electron chi connectivity index (χ3n) is 2.12. The van der Waals surface area contributed by atoms with Gasteiger partial charge >= 0.3 is 0 Å². The van der Waals surface area contributed by atoms with Crippen LogP contribution >= 0.6 is 0 Å². The Morgan fingerprint density at radius 3 is 2.27 bits per heavy atom. The van der Waals surface area contributed by atoms with Gasteiger partial charge in [-0.3, -0.25) is 0 Å². The van der Waals surface area contributed by atoms with Crippen molar-refractivity contribution in [1.82, 2.24) is 0 Å². The van der Waals surface area contributed by atoms with Crippen molar-refractivity contribution in [3.8, 4) is 0 Å². The lowest BCUT2D eigenvalue weighted by atomic mass is 10.0. The standard InChI is InChI=1S/C9H14N2O4/c10-8(5-12)9(13)6-1-3-7(4-2-6)11(14)15/h1-4,8-9,11-14H,5,10H2. The number of aliphatic hydroxyl groups excluding tert-OH is 2. The normalized spacial score (nSPS) is 17.1. The molecule has 0 aliphatic carbocycles. The lowest BCUT2D eigenvalue weighted by molar-refractivity contribution is -0.991. The number of quaternary nitrogens is 1. The lowest BCUT2D eigenvalue weighted by Gasteiger charge is -2.17. The molecule has 6 heteroatoms. The Labute approximate surface area is 86.7 Å². The molecule has 1 aromatic carbocycles. The molecule has 3 atom stereocenters. The largest absolute Gasteiger partial charge is 0.595 e. The Balaban J connectivity index is 2.79. The molecule has 0 amide bonds. The van der Waals surface area contributed by atoms with Gasteiger partial charge in [0, 0.05) is 12.1 Å². The molecule has 3 unspecified atom stereocenters. The summed E-state index contributed by atoms with van der Waals surface area (Å²) < 4.78 is 0. The number of benzene rings is 1. The molecule has 0 spiro atoms. The molecule has 0 bridgehead atoms. The Bertz CT molecular complexity index is 301. The van der Waals surface area contributed by atoms with Gasteiger partial charge in [-0.2, -0.15) is 5.23 Å². The van der Waals surface area contributed by atoms with E-state index >= 15 is 0 Å². The van der Waals surface area contributed by atoms with Crippen LogP contribution in [0.15, 0.2) is 24.3 Å². The molecule has 1 rings (SSSR count). The number of hydrogen-bond donors (Lipinski definition) is 5. The number of nitrogens with two attached hydrogens (primary N) is 1. The zero-order valence-electron chi connectivity index (χ0n) is 8.00. The second-order valence-corrected chi connectivity index (χ2v) is 3.22. The van der Waals surface area contributed by atoms with Gasteiger partial charge in [0.15, 0.2) is 5.69 Å². The second-order valence-electron chi connectivity index (χ2n) is 3.22. The Morgan fingerprint density at radius 2 is 1.87 bits per heavy atom. The van der Waals surface area contributed by atoms with Gasteiger partial charge in [0.25, 0.3) is 0 Å². The first-order valence-electron chi connectivity index (χ1n) is 4.44. The molecule has 0 fully saturated rings. The van der Waals surface area contributed by atoms with E-state index in [1.54, 1.807) is 0 Å². The van der Waals surface area contributed by atoms with Gasteiger partial charge in [-0.25, -0.2) is 5.21 Å². The molecule has 1 aromatic rings. The monoisotopic (exact) mass is 214 g/mol. The molecule has 6 nitrogen and oxygen atoms in total. The smallest absolute Gasteiger partial charge is 0.163 e. The molecule has 0 saturated carbocycles. The van der Waals surface area contributed by atoms with Crippen molar-refractivity contribution < 1.29 is 20.6 Å². The Kier molecular flexibility index (Phi) is 4.15. The van der Waals surface area contributed by atoms with Gasteiger partial charge in [0.05, 0.1) is 18.8 Å². The fourth-order valence-corrected chi connectivity index (χ4v) is 1.17. The van der Waals surface area contributed by atoms with Gasteiger partial charge in [0.1, 0.15) is 0 Å². The van der Waals surface area contributed by atoms with E-state index in [-0.39, 0.29) is 12.3 Å². The van der Waals surface area contributed by atoms with E-state index in [2.05, 4.69) is 0 Å². The highest BCUT2D eigenvalue weighted by molar-refractivity contribution is 5.33. The van der Waals surface area contributed by atoms with E-state index in [0.29, 0.717) is 5.56 Å². The summed E-state index contributed by atoms with van der Waals surface area (Å²) in [5.74, 6) is 0. The fourth-order valence-electron chi connectivity index (χ4n) is 1.17. The maximum absolute atomic E-state index is 10.5. The van der Waals surface area contributed by atoms with Crippen molar-refractivity contribution in [3.05, 3.63) is 35.0 Å². The predicted octanol–water partition coefficient (Wildman–Crippen LogP) is -1.56. The van der Waals surface area contributed by atoms with Crippen LogP contribution < -0.4 is 11.0 Å². The van der Waals surface area contributed by atoms with E-state index in [4.69, 9.17) is 16.0 Å². The second kappa shape index (κ2) is 5.17.